The second kappa shape index (κ2) is 3.64. The molecule has 13 heavy (non-hydrogen) atoms. The summed E-state index contributed by atoms with van der Waals surface area (Å²) in [6.07, 6.45) is 0. The van der Waals surface area contributed by atoms with Crippen LogP contribution in [0.4, 0.5) is 0 Å². The van der Waals surface area contributed by atoms with Crippen LogP contribution in [0.3, 0.4) is 0 Å². The van der Waals surface area contributed by atoms with Gasteiger partial charge in [-0.05, 0) is 34.6 Å². The third-order valence-corrected chi connectivity index (χ3v) is 2.48. The first-order chi connectivity index (χ1) is 5.58. The highest BCUT2D eigenvalue weighted by molar-refractivity contribution is 5.73. The van der Waals surface area contributed by atoms with Gasteiger partial charge in [-0.25, -0.2) is 0 Å². The van der Waals surface area contributed by atoms with E-state index in [1.54, 1.807) is 34.6 Å². The zero-order valence-corrected chi connectivity index (χ0v) is 8.88. The summed E-state index contributed by atoms with van der Waals surface area (Å²) in [4.78, 5) is 10.6. The van der Waals surface area contributed by atoms with Gasteiger partial charge in [0.25, 0.3) is 0 Å². The fourth-order valence-electron chi connectivity index (χ4n) is 0.780. The zero-order valence-electron chi connectivity index (χ0n) is 8.88. The van der Waals surface area contributed by atoms with Gasteiger partial charge in [0.2, 0.25) is 0 Å². The number of carboxylic acids is 1. The van der Waals surface area contributed by atoms with Crippen LogP contribution in [0.5, 0.6) is 0 Å². The maximum absolute atomic E-state index is 10.6. The van der Waals surface area contributed by atoms with E-state index >= 15 is 0 Å². The lowest BCUT2D eigenvalue weighted by molar-refractivity contribution is -0.140. The SMILES string of the molecule is CC(NC(C)(C)C(C)(C)O)C(=O)O. The maximum Gasteiger partial charge on any atom is 0.320 e. The molecule has 0 aliphatic rings. The summed E-state index contributed by atoms with van der Waals surface area (Å²) in [6.45, 7) is 8.39. The average Bonchev–Trinajstić information content (AvgIpc) is 1.83. The van der Waals surface area contributed by atoms with Gasteiger partial charge >= 0.3 is 5.97 Å². The Kier molecular flexibility index (Phi) is 3.47. The van der Waals surface area contributed by atoms with Crippen LogP contribution in [-0.4, -0.2) is 33.4 Å². The van der Waals surface area contributed by atoms with E-state index in [0.717, 1.165) is 0 Å². The lowest BCUT2D eigenvalue weighted by atomic mass is 9.85. The van der Waals surface area contributed by atoms with E-state index in [-0.39, 0.29) is 0 Å². The van der Waals surface area contributed by atoms with Crippen molar-refractivity contribution in [1.29, 1.82) is 0 Å². The number of carboxylic acid groups (broad SMARTS) is 1. The van der Waals surface area contributed by atoms with Gasteiger partial charge < -0.3 is 10.2 Å². The van der Waals surface area contributed by atoms with E-state index in [0.29, 0.717) is 0 Å². The Morgan fingerprint density at radius 3 is 1.92 bits per heavy atom. The highest BCUT2D eigenvalue weighted by atomic mass is 16.4. The van der Waals surface area contributed by atoms with Crippen molar-refractivity contribution in [3.63, 3.8) is 0 Å². The van der Waals surface area contributed by atoms with E-state index in [1.165, 1.54) is 0 Å². The van der Waals surface area contributed by atoms with Gasteiger partial charge in [-0.1, -0.05) is 0 Å². The normalized spacial score (nSPS) is 15.5. The molecule has 0 saturated heterocycles. The van der Waals surface area contributed by atoms with Gasteiger partial charge in [0.1, 0.15) is 6.04 Å². The fraction of sp³-hybridized carbons (Fsp3) is 0.889. The van der Waals surface area contributed by atoms with E-state index < -0.39 is 23.2 Å². The minimum Gasteiger partial charge on any atom is -0.480 e. The lowest BCUT2D eigenvalue weighted by Crippen LogP contribution is -2.59. The van der Waals surface area contributed by atoms with Gasteiger partial charge in [0.15, 0.2) is 0 Å². The number of hydrogen-bond donors (Lipinski definition) is 3. The van der Waals surface area contributed by atoms with Crippen LogP contribution in [0.2, 0.25) is 0 Å². The van der Waals surface area contributed by atoms with Crippen LogP contribution < -0.4 is 5.32 Å². The van der Waals surface area contributed by atoms with Gasteiger partial charge in [0, 0.05) is 5.54 Å². The second-order valence-electron chi connectivity index (χ2n) is 4.39. The Balaban J connectivity index is 4.43. The van der Waals surface area contributed by atoms with E-state index in [2.05, 4.69) is 5.32 Å². The van der Waals surface area contributed by atoms with Crippen molar-refractivity contribution in [1.82, 2.24) is 5.32 Å². The minimum absolute atomic E-state index is 0.634. The van der Waals surface area contributed by atoms with E-state index in [1.807, 2.05) is 0 Å². The molecule has 1 atom stereocenters. The summed E-state index contributed by atoms with van der Waals surface area (Å²) in [5.74, 6) is -0.919. The molecule has 0 aromatic heterocycles. The summed E-state index contributed by atoms with van der Waals surface area (Å²) in [5.41, 5.74) is -1.60. The molecule has 0 heterocycles. The number of hydrogen-bond acceptors (Lipinski definition) is 3. The first kappa shape index (κ1) is 12.4. The molecular weight excluding hydrogens is 170 g/mol. The number of carbonyl (C=O) groups is 1. The summed E-state index contributed by atoms with van der Waals surface area (Å²) in [5, 5.41) is 21.2. The van der Waals surface area contributed by atoms with Gasteiger partial charge in [-0.15, -0.1) is 0 Å². The molecular formula is C9H19NO3. The number of aliphatic hydroxyl groups is 1. The number of rotatable bonds is 4. The van der Waals surface area contributed by atoms with Crippen LogP contribution in [0.1, 0.15) is 34.6 Å². The molecule has 0 amide bonds. The molecule has 0 bridgehead atoms. The van der Waals surface area contributed by atoms with Crippen molar-refractivity contribution in [2.24, 2.45) is 0 Å². The topological polar surface area (TPSA) is 69.6 Å². The molecule has 0 aliphatic carbocycles. The Bertz CT molecular complexity index is 194. The molecule has 3 N–H and O–H groups in total. The Morgan fingerprint density at radius 1 is 1.31 bits per heavy atom. The summed E-state index contributed by atoms with van der Waals surface area (Å²) in [7, 11) is 0. The van der Waals surface area contributed by atoms with Gasteiger partial charge in [0.05, 0.1) is 5.60 Å². The Labute approximate surface area is 79.0 Å². The molecule has 0 aromatic carbocycles. The molecule has 0 saturated carbocycles. The predicted molar refractivity (Wildman–Crippen MR) is 50.6 cm³/mol. The zero-order chi connectivity index (χ0) is 10.9. The lowest BCUT2D eigenvalue weighted by Gasteiger charge is -2.39. The van der Waals surface area contributed by atoms with Crippen molar-refractivity contribution in [2.45, 2.75) is 51.8 Å². The molecule has 0 aromatic rings. The minimum atomic E-state index is -0.962. The van der Waals surface area contributed by atoms with Crippen molar-refractivity contribution in [3.05, 3.63) is 0 Å². The largest absolute Gasteiger partial charge is 0.480 e. The predicted octanol–water partition coefficient (Wildman–Crippen LogP) is 0.599. The van der Waals surface area contributed by atoms with Gasteiger partial charge in [-0.2, -0.15) is 0 Å². The molecule has 0 radical (unpaired) electrons. The standard InChI is InChI=1S/C9H19NO3/c1-6(7(11)12)10-8(2,3)9(4,5)13/h6,10,13H,1-5H3,(H,11,12). The highest BCUT2D eigenvalue weighted by Gasteiger charge is 2.36. The first-order valence-corrected chi connectivity index (χ1v) is 4.31. The molecule has 0 rings (SSSR count). The Hall–Kier alpha value is -0.610. The number of aliphatic carboxylic acids is 1. The first-order valence-electron chi connectivity index (χ1n) is 4.31. The summed E-state index contributed by atoms with van der Waals surface area (Å²) >= 11 is 0. The van der Waals surface area contributed by atoms with Crippen molar-refractivity contribution < 1.29 is 15.0 Å². The third kappa shape index (κ3) is 3.32. The van der Waals surface area contributed by atoms with E-state index in [4.69, 9.17) is 5.11 Å². The molecule has 0 spiro atoms. The van der Waals surface area contributed by atoms with Crippen LogP contribution in [0, 0.1) is 0 Å². The molecule has 78 valence electrons. The van der Waals surface area contributed by atoms with Crippen LogP contribution in [0.25, 0.3) is 0 Å². The Morgan fingerprint density at radius 2 is 1.69 bits per heavy atom. The molecule has 1 unspecified atom stereocenters. The highest BCUT2D eigenvalue weighted by Crippen LogP contribution is 2.20. The van der Waals surface area contributed by atoms with Gasteiger partial charge in [-0.3, -0.25) is 10.1 Å². The fourth-order valence-corrected chi connectivity index (χ4v) is 0.780. The van der Waals surface area contributed by atoms with Crippen LogP contribution >= 0.6 is 0 Å². The summed E-state index contributed by atoms with van der Waals surface area (Å²) in [6, 6.07) is -0.665. The smallest absolute Gasteiger partial charge is 0.320 e. The summed E-state index contributed by atoms with van der Waals surface area (Å²) < 4.78 is 0. The van der Waals surface area contributed by atoms with Crippen molar-refractivity contribution >= 4 is 5.97 Å². The third-order valence-electron chi connectivity index (χ3n) is 2.48. The van der Waals surface area contributed by atoms with Crippen molar-refractivity contribution in [3.8, 4) is 0 Å². The van der Waals surface area contributed by atoms with Crippen LogP contribution in [-0.2, 0) is 4.79 Å². The second-order valence-corrected chi connectivity index (χ2v) is 4.39. The van der Waals surface area contributed by atoms with Crippen molar-refractivity contribution in [2.75, 3.05) is 0 Å². The van der Waals surface area contributed by atoms with E-state index in [9.17, 15) is 9.90 Å². The molecule has 0 fully saturated rings. The maximum atomic E-state index is 10.6. The van der Waals surface area contributed by atoms with Crippen LogP contribution in [0.15, 0.2) is 0 Å². The average molecular weight is 189 g/mol. The monoisotopic (exact) mass is 189 g/mol. The number of nitrogens with one attached hydrogen (secondary N) is 1. The molecule has 4 nitrogen and oxygen atoms in total. The molecule has 4 heteroatoms. The quantitative estimate of drug-likeness (QED) is 0.605. The molecule has 0 aliphatic heterocycles.